The molecule has 0 atom stereocenters. The summed E-state index contributed by atoms with van der Waals surface area (Å²) in [7, 11) is 0. The maximum Gasteiger partial charge on any atom is 0.247 e. The van der Waals surface area contributed by atoms with Gasteiger partial charge in [-0.1, -0.05) is 43.0 Å². The number of nitrogens with zero attached hydrogens (tertiary/aromatic N) is 1. The number of halogens is 1. The van der Waals surface area contributed by atoms with Gasteiger partial charge in [0.2, 0.25) is 11.8 Å². The van der Waals surface area contributed by atoms with E-state index in [4.69, 9.17) is 0 Å². The zero-order chi connectivity index (χ0) is 18.5. The van der Waals surface area contributed by atoms with Crippen molar-refractivity contribution < 1.29 is 14.0 Å². The van der Waals surface area contributed by atoms with Gasteiger partial charge in [-0.25, -0.2) is 4.39 Å². The maximum absolute atomic E-state index is 14.0. The fourth-order valence-corrected chi connectivity index (χ4v) is 2.86. The standard InChI is InChI=1S/C21H21FN2O2/c1-2-20(25)23-19-10-6-4-7-15(19)13-21(26)24(17-11-12-17)14-16-8-3-5-9-18(16)22/h2-10,17H,1,11-14H2,(H,23,25). The SMILES string of the molecule is C=CC(=O)Nc1ccccc1CC(=O)N(Cc1ccccc1F)C1CC1. The number of anilines is 1. The van der Waals surface area contributed by atoms with E-state index in [2.05, 4.69) is 11.9 Å². The van der Waals surface area contributed by atoms with Gasteiger partial charge < -0.3 is 10.2 Å². The molecule has 0 bridgehead atoms. The average Bonchev–Trinajstić information content (AvgIpc) is 3.47. The van der Waals surface area contributed by atoms with Crippen LogP contribution in [0.15, 0.2) is 61.2 Å². The average molecular weight is 352 g/mol. The number of hydrogen-bond donors (Lipinski definition) is 1. The van der Waals surface area contributed by atoms with Crippen molar-refractivity contribution in [3.63, 3.8) is 0 Å². The smallest absolute Gasteiger partial charge is 0.247 e. The van der Waals surface area contributed by atoms with Crippen LogP contribution in [-0.2, 0) is 22.6 Å². The second-order valence-corrected chi connectivity index (χ2v) is 6.37. The summed E-state index contributed by atoms with van der Waals surface area (Å²) < 4.78 is 14.0. The van der Waals surface area contributed by atoms with Crippen molar-refractivity contribution in [3.8, 4) is 0 Å². The van der Waals surface area contributed by atoms with Crippen LogP contribution < -0.4 is 5.32 Å². The topological polar surface area (TPSA) is 49.4 Å². The van der Waals surface area contributed by atoms with Crippen LogP contribution in [0.5, 0.6) is 0 Å². The van der Waals surface area contributed by atoms with Gasteiger partial charge in [-0.05, 0) is 36.6 Å². The molecule has 26 heavy (non-hydrogen) atoms. The summed E-state index contributed by atoms with van der Waals surface area (Å²) in [4.78, 5) is 26.2. The predicted octanol–water partition coefficient (Wildman–Crippen LogP) is 3.68. The number of rotatable bonds is 7. The molecule has 1 aliphatic rings. The Kier molecular flexibility index (Phi) is 5.46. The molecule has 0 saturated heterocycles. The molecule has 0 aliphatic heterocycles. The first kappa shape index (κ1) is 17.9. The van der Waals surface area contributed by atoms with Gasteiger partial charge in [0.15, 0.2) is 0 Å². The normalized spacial score (nSPS) is 13.1. The van der Waals surface area contributed by atoms with Crippen molar-refractivity contribution in [1.82, 2.24) is 4.90 Å². The highest BCUT2D eigenvalue weighted by Gasteiger charge is 2.33. The molecule has 1 fully saturated rings. The van der Waals surface area contributed by atoms with Crippen LogP contribution in [-0.4, -0.2) is 22.8 Å². The van der Waals surface area contributed by atoms with Gasteiger partial charge in [0.1, 0.15) is 5.82 Å². The molecule has 0 spiro atoms. The van der Waals surface area contributed by atoms with Gasteiger partial charge in [-0.3, -0.25) is 9.59 Å². The third-order valence-electron chi connectivity index (χ3n) is 4.41. The molecule has 1 aliphatic carbocycles. The van der Waals surface area contributed by atoms with E-state index in [1.807, 2.05) is 12.1 Å². The van der Waals surface area contributed by atoms with Gasteiger partial charge in [0.25, 0.3) is 0 Å². The largest absolute Gasteiger partial charge is 0.335 e. The van der Waals surface area contributed by atoms with Crippen molar-refractivity contribution in [1.29, 1.82) is 0 Å². The quantitative estimate of drug-likeness (QED) is 0.773. The fourth-order valence-electron chi connectivity index (χ4n) is 2.86. The van der Waals surface area contributed by atoms with Gasteiger partial charge in [-0.2, -0.15) is 0 Å². The zero-order valence-electron chi connectivity index (χ0n) is 14.5. The molecular formula is C21H21FN2O2. The van der Waals surface area contributed by atoms with E-state index in [1.54, 1.807) is 35.2 Å². The first-order valence-electron chi connectivity index (χ1n) is 8.62. The van der Waals surface area contributed by atoms with Crippen LogP contribution in [0.1, 0.15) is 24.0 Å². The van der Waals surface area contributed by atoms with Gasteiger partial charge in [0.05, 0.1) is 6.42 Å². The van der Waals surface area contributed by atoms with Crippen molar-refractivity contribution in [2.45, 2.75) is 31.8 Å². The Balaban J connectivity index is 1.76. The number of hydrogen-bond acceptors (Lipinski definition) is 2. The first-order valence-corrected chi connectivity index (χ1v) is 8.62. The molecule has 134 valence electrons. The van der Waals surface area contributed by atoms with E-state index in [0.29, 0.717) is 11.3 Å². The highest BCUT2D eigenvalue weighted by Crippen LogP contribution is 2.30. The molecule has 0 radical (unpaired) electrons. The molecule has 4 nitrogen and oxygen atoms in total. The summed E-state index contributed by atoms with van der Waals surface area (Å²) in [5.74, 6) is -0.698. The lowest BCUT2D eigenvalue weighted by Gasteiger charge is -2.23. The van der Waals surface area contributed by atoms with Gasteiger partial charge >= 0.3 is 0 Å². The number of carbonyl (C=O) groups is 2. The van der Waals surface area contributed by atoms with Crippen molar-refractivity contribution in [3.05, 3.63) is 78.1 Å². The Morgan fingerprint density at radius 1 is 1.12 bits per heavy atom. The Morgan fingerprint density at radius 2 is 1.77 bits per heavy atom. The molecule has 0 heterocycles. The minimum absolute atomic E-state index is 0.0731. The zero-order valence-corrected chi connectivity index (χ0v) is 14.5. The van der Waals surface area contributed by atoms with E-state index in [1.165, 1.54) is 12.1 Å². The number of benzene rings is 2. The predicted molar refractivity (Wildman–Crippen MR) is 98.9 cm³/mol. The summed E-state index contributed by atoms with van der Waals surface area (Å²) in [6.45, 7) is 3.70. The number of nitrogens with one attached hydrogen (secondary N) is 1. The molecule has 3 rings (SSSR count). The van der Waals surface area contributed by atoms with E-state index < -0.39 is 0 Å². The first-order chi connectivity index (χ1) is 12.6. The molecule has 1 saturated carbocycles. The maximum atomic E-state index is 14.0. The molecular weight excluding hydrogens is 331 g/mol. The second kappa shape index (κ2) is 7.95. The summed E-state index contributed by atoms with van der Waals surface area (Å²) >= 11 is 0. The lowest BCUT2D eigenvalue weighted by atomic mass is 10.1. The van der Waals surface area contributed by atoms with E-state index in [9.17, 15) is 14.0 Å². The van der Waals surface area contributed by atoms with Crippen LogP contribution in [0.2, 0.25) is 0 Å². The Hall–Kier alpha value is -2.95. The molecule has 2 aromatic rings. The Labute approximate surface area is 152 Å². The summed E-state index contributed by atoms with van der Waals surface area (Å²) in [6, 6.07) is 13.9. The summed E-state index contributed by atoms with van der Waals surface area (Å²) in [5.41, 5.74) is 1.83. The van der Waals surface area contributed by atoms with Crippen molar-refractivity contribution in [2.24, 2.45) is 0 Å². The van der Waals surface area contributed by atoms with E-state index in [-0.39, 0.29) is 36.6 Å². The third-order valence-corrected chi connectivity index (χ3v) is 4.41. The lowest BCUT2D eigenvalue weighted by molar-refractivity contribution is -0.131. The monoisotopic (exact) mass is 352 g/mol. The minimum atomic E-state index is -0.324. The number of para-hydroxylation sites is 1. The third kappa shape index (κ3) is 4.36. The molecule has 0 aromatic heterocycles. The Bertz CT molecular complexity index is 830. The highest BCUT2D eigenvalue weighted by molar-refractivity contribution is 5.99. The highest BCUT2D eigenvalue weighted by atomic mass is 19.1. The number of carbonyl (C=O) groups excluding carboxylic acids is 2. The molecule has 0 unspecified atom stereocenters. The van der Waals surface area contributed by atoms with E-state index in [0.717, 1.165) is 18.4 Å². The molecule has 2 aromatic carbocycles. The molecule has 2 amide bonds. The van der Waals surface area contributed by atoms with E-state index >= 15 is 0 Å². The number of amides is 2. The lowest BCUT2D eigenvalue weighted by Crippen LogP contribution is -2.34. The van der Waals surface area contributed by atoms with Crippen LogP contribution in [0.3, 0.4) is 0 Å². The van der Waals surface area contributed by atoms with Crippen LogP contribution >= 0.6 is 0 Å². The second-order valence-electron chi connectivity index (χ2n) is 6.37. The fraction of sp³-hybridized carbons (Fsp3) is 0.238. The molecule has 5 heteroatoms. The van der Waals surface area contributed by atoms with Gasteiger partial charge in [0, 0.05) is 23.8 Å². The van der Waals surface area contributed by atoms with Crippen molar-refractivity contribution in [2.75, 3.05) is 5.32 Å². The summed E-state index contributed by atoms with van der Waals surface area (Å²) in [5, 5.41) is 2.72. The minimum Gasteiger partial charge on any atom is -0.335 e. The van der Waals surface area contributed by atoms with Crippen LogP contribution in [0.4, 0.5) is 10.1 Å². The van der Waals surface area contributed by atoms with Gasteiger partial charge in [-0.15, -0.1) is 0 Å². The Morgan fingerprint density at radius 3 is 2.42 bits per heavy atom. The van der Waals surface area contributed by atoms with Crippen LogP contribution in [0.25, 0.3) is 0 Å². The molecule has 1 N–H and O–H groups in total. The van der Waals surface area contributed by atoms with Crippen molar-refractivity contribution >= 4 is 17.5 Å². The summed E-state index contributed by atoms with van der Waals surface area (Å²) in [6.07, 6.45) is 3.22. The van der Waals surface area contributed by atoms with Crippen LogP contribution in [0, 0.1) is 5.82 Å².